The molecule has 2 bridgehead atoms. The first-order valence-corrected chi connectivity index (χ1v) is 13.4. The average molecular weight is 543 g/mol. The van der Waals surface area contributed by atoms with Gasteiger partial charge < -0.3 is 20.1 Å². The van der Waals surface area contributed by atoms with Gasteiger partial charge in [-0.3, -0.25) is 9.69 Å². The number of benzene rings is 1. The van der Waals surface area contributed by atoms with Crippen molar-refractivity contribution >= 4 is 28.4 Å². The molecule has 0 radical (unpaired) electrons. The molecule has 0 aliphatic carbocycles. The zero-order chi connectivity index (χ0) is 28.0. The Kier molecular flexibility index (Phi) is 6.65. The fraction of sp³-hybridized carbons (Fsp3) is 0.379. The summed E-state index contributed by atoms with van der Waals surface area (Å²) in [5, 5.41) is 14.1. The molecule has 3 fully saturated rings. The summed E-state index contributed by atoms with van der Waals surface area (Å²) in [5.41, 5.74) is 1.53. The number of nitrogens with one attached hydrogen (secondary N) is 1. The zero-order valence-corrected chi connectivity index (χ0v) is 23.0. The summed E-state index contributed by atoms with van der Waals surface area (Å²) in [7, 11) is 1.75. The van der Waals surface area contributed by atoms with Gasteiger partial charge in [-0.1, -0.05) is 12.1 Å². The number of anilines is 3. The van der Waals surface area contributed by atoms with E-state index in [2.05, 4.69) is 43.8 Å². The van der Waals surface area contributed by atoms with Crippen LogP contribution in [0.5, 0.6) is 0 Å². The van der Waals surface area contributed by atoms with Gasteiger partial charge in [-0.05, 0) is 56.7 Å². The summed E-state index contributed by atoms with van der Waals surface area (Å²) >= 11 is 0. The molecule has 3 saturated heterocycles. The lowest BCUT2D eigenvalue weighted by Gasteiger charge is -2.56. The number of allylic oxidation sites excluding steroid dienone is 1. The van der Waals surface area contributed by atoms with Crippen molar-refractivity contribution in [1.29, 1.82) is 0 Å². The van der Waals surface area contributed by atoms with E-state index in [0.29, 0.717) is 47.3 Å². The van der Waals surface area contributed by atoms with E-state index in [0.717, 1.165) is 18.8 Å². The molecular weight excluding hydrogens is 508 g/mol. The van der Waals surface area contributed by atoms with Gasteiger partial charge in [0, 0.05) is 49.9 Å². The predicted molar refractivity (Wildman–Crippen MR) is 154 cm³/mol. The molecule has 0 spiro atoms. The van der Waals surface area contributed by atoms with Gasteiger partial charge in [0.25, 0.3) is 5.56 Å². The normalized spacial score (nSPS) is 19.1. The van der Waals surface area contributed by atoms with Gasteiger partial charge in [0.2, 0.25) is 5.95 Å². The zero-order valence-electron chi connectivity index (χ0n) is 23.0. The number of hydrogen-bond donors (Lipinski definition) is 2. The van der Waals surface area contributed by atoms with Crippen LogP contribution in [0.3, 0.4) is 0 Å². The number of aromatic nitrogens is 5. The number of nitrogens with zero attached hydrogens (tertiary/aromatic N) is 7. The third kappa shape index (κ3) is 4.66. The SMILES string of the molecule is C=CCn1c(=O)c2cnc(Nc3ccc(N4CC5CC(C4)N5COC)cc3)nc2n1-c1cccc(C(C)(C)O)n1. The van der Waals surface area contributed by atoms with Crippen molar-refractivity contribution < 1.29 is 9.84 Å². The second kappa shape index (κ2) is 10.2. The molecule has 2 atom stereocenters. The van der Waals surface area contributed by atoms with Crippen LogP contribution in [0, 0.1) is 0 Å². The number of ether oxygens (including phenoxy) is 1. The number of rotatable bonds is 9. The highest BCUT2D eigenvalue weighted by Gasteiger charge is 2.44. The standard InChI is InChI=1S/C29H34N8O3/c1-5-13-36-27(38)23-15-30-28(33-26(23)37(36)25-8-6-7-24(32-25)29(2,3)39)31-19-9-11-20(12-10-19)34-16-21-14-22(17-34)35(21)18-40-4/h5-12,15,21-22,39H,1,13-14,16-18H2,2-4H3,(H,30,31,33). The van der Waals surface area contributed by atoms with Gasteiger partial charge in [0.05, 0.1) is 19.0 Å². The Hall–Kier alpha value is -4.06. The Morgan fingerprint density at radius 1 is 1.15 bits per heavy atom. The van der Waals surface area contributed by atoms with Gasteiger partial charge in [0.15, 0.2) is 11.5 Å². The number of pyridine rings is 1. The molecule has 4 aromatic rings. The molecular formula is C29H34N8O3. The van der Waals surface area contributed by atoms with Gasteiger partial charge >= 0.3 is 0 Å². The average Bonchev–Trinajstić information content (AvgIpc) is 3.22. The van der Waals surface area contributed by atoms with E-state index in [1.54, 1.807) is 49.9 Å². The van der Waals surface area contributed by atoms with E-state index in [4.69, 9.17) is 9.72 Å². The van der Waals surface area contributed by atoms with E-state index in [1.807, 2.05) is 12.1 Å². The van der Waals surface area contributed by atoms with Crippen LogP contribution >= 0.6 is 0 Å². The minimum atomic E-state index is -1.14. The van der Waals surface area contributed by atoms with Crippen molar-refractivity contribution in [3.8, 4) is 5.82 Å². The van der Waals surface area contributed by atoms with Crippen LogP contribution in [0.1, 0.15) is 26.0 Å². The molecule has 3 aliphatic rings. The van der Waals surface area contributed by atoms with Gasteiger partial charge in [0.1, 0.15) is 11.0 Å². The predicted octanol–water partition coefficient (Wildman–Crippen LogP) is 3.00. The number of methoxy groups -OCH3 is 1. The largest absolute Gasteiger partial charge is 0.384 e. The van der Waals surface area contributed by atoms with Gasteiger partial charge in [-0.25, -0.2) is 19.3 Å². The molecule has 3 aromatic heterocycles. The molecule has 1 aromatic carbocycles. The number of fused-ring (bicyclic) bond motifs is 3. The fourth-order valence-electron chi connectivity index (χ4n) is 5.63. The second-order valence-corrected chi connectivity index (χ2v) is 10.9. The minimum absolute atomic E-state index is 0.245. The highest BCUT2D eigenvalue weighted by molar-refractivity contribution is 5.77. The lowest BCUT2D eigenvalue weighted by molar-refractivity contribution is -0.0764. The molecule has 2 N–H and O–H groups in total. The molecule has 0 amide bonds. The van der Waals surface area contributed by atoms with Crippen LogP contribution in [0.25, 0.3) is 16.9 Å². The summed E-state index contributed by atoms with van der Waals surface area (Å²) < 4.78 is 8.51. The third-order valence-corrected chi connectivity index (χ3v) is 7.67. The number of hydrogen-bond acceptors (Lipinski definition) is 9. The Morgan fingerprint density at radius 3 is 2.58 bits per heavy atom. The maximum atomic E-state index is 13.2. The smallest absolute Gasteiger partial charge is 0.278 e. The molecule has 6 heterocycles. The Bertz CT molecular complexity index is 1590. The van der Waals surface area contributed by atoms with Crippen LogP contribution in [0.2, 0.25) is 0 Å². The molecule has 7 rings (SSSR count). The third-order valence-electron chi connectivity index (χ3n) is 7.67. The lowest BCUT2D eigenvalue weighted by Crippen LogP contribution is -2.69. The molecule has 11 heteroatoms. The monoisotopic (exact) mass is 542 g/mol. The Labute approximate surface area is 232 Å². The van der Waals surface area contributed by atoms with Crippen LogP contribution < -0.4 is 15.8 Å². The first-order valence-electron chi connectivity index (χ1n) is 13.4. The Balaban J connectivity index is 1.28. The molecule has 3 aliphatic heterocycles. The lowest BCUT2D eigenvalue weighted by atomic mass is 9.88. The second-order valence-electron chi connectivity index (χ2n) is 10.9. The Morgan fingerprint density at radius 2 is 1.90 bits per heavy atom. The minimum Gasteiger partial charge on any atom is -0.384 e. The first kappa shape index (κ1) is 26.2. The van der Waals surface area contributed by atoms with Gasteiger partial charge in [-0.15, -0.1) is 6.58 Å². The summed E-state index contributed by atoms with van der Waals surface area (Å²) in [4.78, 5) is 31.9. The van der Waals surface area contributed by atoms with Crippen LogP contribution in [-0.4, -0.2) is 73.3 Å². The van der Waals surface area contributed by atoms with Crippen molar-refractivity contribution in [2.24, 2.45) is 0 Å². The number of piperidine rings is 1. The van der Waals surface area contributed by atoms with Crippen LogP contribution in [-0.2, 0) is 16.9 Å². The van der Waals surface area contributed by atoms with E-state index in [1.165, 1.54) is 23.0 Å². The maximum Gasteiger partial charge on any atom is 0.278 e. The summed E-state index contributed by atoms with van der Waals surface area (Å²) in [6.07, 6.45) is 4.41. The highest BCUT2D eigenvalue weighted by atomic mass is 16.5. The van der Waals surface area contributed by atoms with E-state index in [9.17, 15) is 9.90 Å². The van der Waals surface area contributed by atoms with Crippen LogP contribution in [0.15, 0.2) is 66.1 Å². The van der Waals surface area contributed by atoms with E-state index >= 15 is 0 Å². The maximum absolute atomic E-state index is 13.2. The number of piperazine rings is 1. The summed E-state index contributed by atoms with van der Waals surface area (Å²) in [6.45, 7) is 10.1. The van der Waals surface area contributed by atoms with E-state index in [-0.39, 0.29) is 12.1 Å². The molecule has 208 valence electrons. The highest BCUT2D eigenvalue weighted by Crippen LogP contribution is 2.34. The van der Waals surface area contributed by atoms with Gasteiger partial charge in [-0.2, -0.15) is 4.98 Å². The van der Waals surface area contributed by atoms with Crippen molar-refractivity contribution in [3.05, 3.63) is 77.4 Å². The topological polar surface area (TPSA) is 114 Å². The van der Waals surface area contributed by atoms with Crippen molar-refractivity contribution in [2.45, 2.75) is 44.5 Å². The quantitative estimate of drug-likeness (QED) is 0.308. The van der Waals surface area contributed by atoms with Crippen molar-refractivity contribution in [1.82, 2.24) is 29.2 Å². The first-order chi connectivity index (χ1) is 19.3. The summed E-state index contributed by atoms with van der Waals surface area (Å²) in [6, 6.07) is 14.7. The van der Waals surface area contributed by atoms with Crippen molar-refractivity contribution in [3.63, 3.8) is 0 Å². The summed E-state index contributed by atoms with van der Waals surface area (Å²) in [5.74, 6) is 0.823. The molecule has 2 unspecified atom stereocenters. The molecule has 11 nitrogen and oxygen atoms in total. The van der Waals surface area contributed by atoms with E-state index < -0.39 is 5.60 Å². The van der Waals surface area contributed by atoms with Crippen molar-refractivity contribution in [2.75, 3.05) is 37.1 Å². The number of aliphatic hydroxyl groups is 1. The molecule has 0 saturated carbocycles. The fourth-order valence-corrected chi connectivity index (χ4v) is 5.63. The molecule has 40 heavy (non-hydrogen) atoms. The van der Waals surface area contributed by atoms with Crippen LogP contribution in [0.4, 0.5) is 17.3 Å².